The summed E-state index contributed by atoms with van der Waals surface area (Å²) >= 11 is 1.42. The van der Waals surface area contributed by atoms with Gasteiger partial charge >= 0.3 is 0 Å². The van der Waals surface area contributed by atoms with Gasteiger partial charge in [0.15, 0.2) is 5.13 Å². The summed E-state index contributed by atoms with van der Waals surface area (Å²) in [6.45, 7) is 1.30. The molecule has 1 aliphatic heterocycles. The van der Waals surface area contributed by atoms with Gasteiger partial charge < -0.3 is 20.5 Å². The second kappa shape index (κ2) is 5.74. The summed E-state index contributed by atoms with van der Waals surface area (Å²) in [7, 11) is 0. The van der Waals surface area contributed by atoms with E-state index in [1.165, 1.54) is 11.3 Å². The smallest absolute Gasteiger partial charge is 0.254 e. The highest BCUT2D eigenvalue weighted by Crippen LogP contribution is 2.35. The fourth-order valence-corrected chi connectivity index (χ4v) is 4.41. The van der Waals surface area contributed by atoms with Crippen molar-refractivity contribution in [3.63, 3.8) is 0 Å². The predicted molar refractivity (Wildman–Crippen MR) is 88.4 cm³/mol. The summed E-state index contributed by atoms with van der Waals surface area (Å²) in [5.41, 5.74) is 7.13. The summed E-state index contributed by atoms with van der Waals surface area (Å²) in [6, 6.07) is 5.61. The predicted octanol–water partition coefficient (Wildman–Crippen LogP) is 1.49. The maximum Gasteiger partial charge on any atom is 0.254 e. The lowest BCUT2D eigenvalue weighted by atomic mass is 10.1. The highest BCUT2D eigenvalue weighted by atomic mass is 32.1. The number of carbonyl (C=O) groups excluding carboxylic acids is 1. The van der Waals surface area contributed by atoms with Gasteiger partial charge in [-0.05, 0) is 37.0 Å². The van der Waals surface area contributed by atoms with Gasteiger partial charge in [0.25, 0.3) is 5.91 Å². The Morgan fingerprint density at radius 2 is 2.35 bits per heavy atom. The highest BCUT2D eigenvalue weighted by molar-refractivity contribution is 7.22. The normalized spacial score (nSPS) is 27.3. The first-order valence-corrected chi connectivity index (χ1v) is 8.67. The van der Waals surface area contributed by atoms with E-state index in [1.807, 2.05) is 23.1 Å². The molecule has 1 aromatic carbocycles. The molecule has 0 bridgehead atoms. The molecule has 1 saturated carbocycles. The Bertz CT molecular complexity index is 747. The summed E-state index contributed by atoms with van der Waals surface area (Å²) in [5, 5.41) is 9.91. The van der Waals surface area contributed by atoms with E-state index in [-0.39, 0.29) is 30.6 Å². The third-order valence-corrected chi connectivity index (χ3v) is 5.67. The molecule has 3 atom stereocenters. The molecule has 1 amide bonds. The lowest BCUT2D eigenvalue weighted by Gasteiger charge is -2.37. The van der Waals surface area contributed by atoms with Gasteiger partial charge in [-0.25, -0.2) is 4.98 Å². The summed E-state index contributed by atoms with van der Waals surface area (Å²) in [5.74, 6) is 0.231. The van der Waals surface area contributed by atoms with Crippen molar-refractivity contribution in [2.75, 3.05) is 25.5 Å². The number of fused-ring (bicyclic) bond motifs is 2. The third-order valence-electron chi connectivity index (χ3n) is 4.80. The van der Waals surface area contributed by atoms with E-state index in [2.05, 4.69) is 4.98 Å². The van der Waals surface area contributed by atoms with Gasteiger partial charge in [0.2, 0.25) is 0 Å². The van der Waals surface area contributed by atoms with Crippen molar-refractivity contribution in [3.05, 3.63) is 23.8 Å². The van der Waals surface area contributed by atoms with Crippen LogP contribution in [0.1, 0.15) is 23.2 Å². The zero-order valence-corrected chi connectivity index (χ0v) is 13.5. The molecule has 2 aliphatic rings. The first-order chi connectivity index (χ1) is 11.2. The Kier molecular flexibility index (Phi) is 3.71. The lowest BCUT2D eigenvalue weighted by molar-refractivity contribution is -0.0448. The number of nitrogen functional groups attached to an aromatic ring is 1. The maximum atomic E-state index is 12.9. The average molecular weight is 333 g/mol. The number of nitrogens with zero attached hydrogens (tertiary/aromatic N) is 2. The third kappa shape index (κ3) is 2.58. The molecule has 0 unspecified atom stereocenters. The minimum Gasteiger partial charge on any atom is -0.396 e. The van der Waals surface area contributed by atoms with Crippen LogP contribution in [0.2, 0.25) is 0 Å². The van der Waals surface area contributed by atoms with Gasteiger partial charge in [-0.3, -0.25) is 4.79 Å². The first-order valence-electron chi connectivity index (χ1n) is 7.85. The van der Waals surface area contributed by atoms with E-state index in [4.69, 9.17) is 10.5 Å². The van der Waals surface area contributed by atoms with Crippen LogP contribution >= 0.6 is 11.3 Å². The monoisotopic (exact) mass is 333 g/mol. The van der Waals surface area contributed by atoms with Gasteiger partial charge in [-0.1, -0.05) is 11.3 Å². The standard InChI is InChI=1S/C16H19N3O3S/c17-16-18-11-7-10(1-2-14(11)23-16)15(21)19-3-4-22-13-6-9(8-20)5-12(13)19/h1-2,7,9,12-13,20H,3-6,8H2,(H2,17,18)/t9-,12+,13+/m1/s1. The number of rotatable bonds is 2. The van der Waals surface area contributed by atoms with E-state index >= 15 is 0 Å². The van der Waals surface area contributed by atoms with E-state index in [0.717, 1.165) is 23.1 Å². The summed E-state index contributed by atoms with van der Waals surface area (Å²) < 4.78 is 6.78. The van der Waals surface area contributed by atoms with E-state index in [0.29, 0.717) is 23.8 Å². The molecule has 2 fully saturated rings. The van der Waals surface area contributed by atoms with Crippen LogP contribution in [0, 0.1) is 5.92 Å². The molecule has 23 heavy (non-hydrogen) atoms. The molecular weight excluding hydrogens is 314 g/mol. The molecular formula is C16H19N3O3S. The van der Waals surface area contributed by atoms with E-state index in [1.54, 1.807) is 0 Å². The Hall–Kier alpha value is -1.70. The topological polar surface area (TPSA) is 88.7 Å². The average Bonchev–Trinajstić information content (AvgIpc) is 3.14. The largest absolute Gasteiger partial charge is 0.396 e. The number of aromatic nitrogens is 1. The van der Waals surface area contributed by atoms with Crippen LogP contribution in [0.4, 0.5) is 5.13 Å². The van der Waals surface area contributed by atoms with Crippen molar-refractivity contribution in [2.45, 2.75) is 25.0 Å². The van der Waals surface area contributed by atoms with Crippen molar-refractivity contribution >= 4 is 32.6 Å². The Labute approximate surface area is 137 Å². The highest BCUT2D eigenvalue weighted by Gasteiger charge is 2.42. The zero-order chi connectivity index (χ0) is 16.0. The summed E-state index contributed by atoms with van der Waals surface area (Å²) in [4.78, 5) is 19.1. The van der Waals surface area contributed by atoms with Gasteiger partial charge in [0.1, 0.15) is 0 Å². The number of anilines is 1. The maximum absolute atomic E-state index is 12.9. The minimum absolute atomic E-state index is 0.00959. The first kappa shape index (κ1) is 14.9. The zero-order valence-electron chi connectivity index (χ0n) is 12.6. The molecule has 1 saturated heterocycles. The van der Waals surface area contributed by atoms with Crippen molar-refractivity contribution < 1.29 is 14.6 Å². The number of hydrogen-bond donors (Lipinski definition) is 2. The molecule has 2 aromatic rings. The second-order valence-corrected chi connectivity index (χ2v) is 7.29. The second-order valence-electron chi connectivity index (χ2n) is 6.23. The van der Waals surface area contributed by atoms with Crippen molar-refractivity contribution in [2.24, 2.45) is 5.92 Å². The van der Waals surface area contributed by atoms with E-state index in [9.17, 15) is 9.90 Å². The van der Waals surface area contributed by atoms with Gasteiger partial charge in [0, 0.05) is 18.7 Å². The van der Waals surface area contributed by atoms with Crippen LogP contribution in [0.25, 0.3) is 10.2 Å². The molecule has 7 heteroatoms. The molecule has 1 aromatic heterocycles. The molecule has 4 rings (SSSR count). The van der Waals surface area contributed by atoms with Gasteiger partial charge in [0.05, 0.1) is 29.0 Å². The number of aliphatic hydroxyl groups is 1. The molecule has 1 aliphatic carbocycles. The van der Waals surface area contributed by atoms with Crippen LogP contribution in [-0.4, -0.2) is 52.8 Å². The van der Waals surface area contributed by atoms with Crippen molar-refractivity contribution in [1.29, 1.82) is 0 Å². The molecule has 6 nitrogen and oxygen atoms in total. The number of aliphatic hydroxyl groups excluding tert-OH is 1. The fourth-order valence-electron chi connectivity index (χ4n) is 3.70. The van der Waals surface area contributed by atoms with E-state index < -0.39 is 0 Å². The molecule has 122 valence electrons. The Morgan fingerprint density at radius 3 is 3.17 bits per heavy atom. The number of benzene rings is 1. The quantitative estimate of drug-likeness (QED) is 0.869. The number of amides is 1. The Morgan fingerprint density at radius 1 is 1.48 bits per heavy atom. The molecule has 2 heterocycles. The number of thiazole rings is 1. The van der Waals surface area contributed by atoms with Gasteiger partial charge in [-0.2, -0.15) is 0 Å². The number of nitrogens with two attached hydrogens (primary N) is 1. The number of carbonyl (C=O) groups is 1. The summed E-state index contributed by atoms with van der Waals surface area (Å²) in [6.07, 6.45) is 1.68. The Balaban J connectivity index is 1.61. The molecule has 0 spiro atoms. The van der Waals surface area contributed by atoms with Crippen LogP contribution in [0.15, 0.2) is 18.2 Å². The van der Waals surface area contributed by atoms with Crippen molar-refractivity contribution in [1.82, 2.24) is 9.88 Å². The lowest BCUT2D eigenvalue weighted by Crippen LogP contribution is -2.51. The SMILES string of the molecule is Nc1nc2cc(C(=O)N3CCO[C@H]4C[C@H](CO)C[C@@H]43)ccc2s1. The van der Waals surface area contributed by atoms with Crippen LogP contribution in [-0.2, 0) is 4.74 Å². The molecule has 3 N–H and O–H groups in total. The van der Waals surface area contributed by atoms with Gasteiger partial charge in [-0.15, -0.1) is 0 Å². The number of morpholine rings is 1. The number of hydrogen-bond acceptors (Lipinski definition) is 6. The fraction of sp³-hybridized carbons (Fsp3) is 0.500. The number of ether oxygens (including phenoxy) is 1. The van der Waals surface area contributed by atoms with Crippen LogP contribution in [0.3, 0.4) is 0 Å². The van der Waals surface area contributed by atoms with Crippen molar-refractivity contribution in [3.8, 4) is 0 Å². The van der Waals surface area contributed by atoms with Crippen LogP contribution < -0.4 is 5.73 Å². The minimum atomic E-state index is 0.00959. The molecule has 0 radical (unpaired) electrons. The van der Waals surface area contributed by atoms with Crippen LogP contribution in [0.5, 0.6) is 0 Å².